The Bertz CT molecular complexity index is 335. The van der Waals surface area contributed by atoms with E-state index in [9.17, 15) is 14.4 Å². The molecule has 0 heterocycles. The molecule has 0 aromatic rings. The first-order valence-corrected chi connectivity index (χ1v) is 4.60. The zero-order valence-corrected chi connectivity index (χ0v) is 9.94. The number of allylic oxidation sites excluding steroid dienone is 4. The molecule has 0 fully saturated rings. The van der Waals surface area contributed by atoms with Crippen molar-refractivity contribution >= 4 is 24.6 Å². The molecule has 0 atom stereocenters. The van der Waals surface area contributed by atoms with E-state index in [4.69, 9.17) is 4.79 Å². The van der Waals surface area contributed by atoms with Crippen LogP contribution >= 0.6 is 0 Å². The number of ketones is 1. The van der Waals surface area contributed by atoms with Crippen molar-refractivity contribution in [2.75, 3.05) is 0 Å². The highest BCUT2D eigenvalue weighted by atomic mass is 16.2. The first kappa shape index (κ1) is 16.6. The van der Waals surface area contributed by atoms with E-state index in [-0.39, 0.29) is 6.29 Å². The van der Waals surface area contributed by atoms with E-state index in [0.29, 0.717) is 11.1 Å². The topological polar surface area (TPSA) is 68.3 Å². The molecular weight excluding hydrogens is 208 g/mol. The van der Waals surface area contributed by atoms with Crippen molar-refractivity contribution in [3.05, 3.63) is 22.8 Å². The van der Waals surface area contributed by atoms with Crippen molar-refractivity contribution in [1.29, 1.82) is 0 Å². The number of rotatable bonds is 4. The van der Waals surface area contributed by atoms with Gasteiger partial charge < -0.3 is 0 Å². The SMILES string of the molecule is CC(=O)C=O.CC(C=O)=CC(C)=C(C)C=O. The second kappa shape index (κ2) is 9.71. The van der Waals surface area contributed by atoms with Gasteiger partial charge in [-0.2, -0.15) is 0 Å². The lowest BCUT2D eigenvalue weighted by Crippen LogP contribution is -1.85. The van der Waals surface area contributed by atoms with Crippen molar-refractivity contribution in [3.63, 3.8) is 0 Å². The average molecular weight is 224 g/mol. The third kappa shape index (κ3) is 10.2. The van der Waals surface area contributed by atoms with Crippen LogP contribution in [0.3, 0.4) is 0 Å². The second-order valence-corrected chi connectivity index (χ2v) is 3.22. The maximum Gasteiger partial charge on any atom is 0.192 e. The normalized spacial score (nSPS) is 11.6. The summed E-state index contributed by atoms with van der Waals surface area (Å²) in [6.07, 6.45) is 3.52. The van der Waals surface area contributed by atoms with Gasteiger partial charge >= 0.3 is 0 Å². The summed E-state index contributed by atoms with van der Waals surface area (Å²) in [6, 6.07) is 0. The van der Waals surface area contributed by atoms with E-state index >= 15 is 0 Å². The van der Waals surface area contributed by atoms with Crippen LogP contribution in [0.4, 0.5) is 0 Å². The van der Waals surface area contributed by atoms with E-state index in [1.54, 1.807) is 26.8 Å². The summed E-state index contributed by atoms with van der Waals surface area (Å²) >= 11 is 0. The molecule has 0 bridgehead atoms. The molecule has 0 radical (unpaired) electrons. The zero-order chi connectivity index (χ0) is 13.1. The fraction of sp³-hybridized carbons (Fsp3) is 0.333. The van der Waals surface area contributed by atoms with Crippen molar-refractivity contribution in [2.24, 2.45) is 0 Å². The molecule has 0 spiro atoms. The Hall–Kier alpha value is -1.84. The van der Waals surface area contributed by atoms with Gasteiger partial charge in [-0.25, -0.2) is 0 Å². The molecule has 0 aliphatic carbocycles. The highest BCUT2D eigenvalue weighted by molar-refractivity contribution is 6.23. The first-order chi connectivity index (χ1) is 7.38. The van der Waals surface area contributed by atoms with Gasteiger partial charge in [0.15, 0.2) is 12.1 Å². The maximum atomic E-state index is 10.2. The summed E-state index contributed by atoms with van der Waals surface area (Å²) in [5.41, 5.74) is 2.12. The van der Waals surface area contributed by atoms with Crippen LogP contribution in [0.25, 0.3) is 0 Å². The van der Waals surface area contributed by atoms with Crippen LogP contribution in [0.1, 0.15) is 27.7 Å². The Morgan fingerprint density at radius 2 is 1.19 bits per heavy atom. The maximum absolute atomic E-state index is 10.2. The zero-order valence-electron chi connectivity index (χ0n) is 9.94. The number of carbonyl (C=O) groups is 4. The summed E-state index contributed by atoms with van der Waals surface area (Å²) in [5, 5.41) is 0. The van der Waals surface area contributed by atoms with Gasteiger partial charge in [0.2, 0.25) is 0 Å². The molecule has 0 saturated heterocycles. The van der Waals surface area contributed by atoms with E-state index in [1.165, 1.54) is 6.92 Å². The third-order valence-electron chi connectivity index (χ3n) is 1.59. The predicted octanol–water partition coefficient (Wildman–Crippen LogP) is 1.44. The molecule has 0 aliphatic heterocycles. The molecule has 16 heavy (non-hydrogen) atoms. The number of hydrogen-bond acceptors (Lipinski definition) is 4. The number of hydrogen-bond donors (Lipinski definition) is 0. The van der Waals surface area contributed by atoms with Gasteiger partial charge in [0, 0.05) is 6.92 Å². The van der Waals surface area contributed by atoms with Crippen LogP contribution in [0.2, 0.25) is 0 Å². The van der Waals surface area contributed by atoms with Crippen molar-refractivity contribution in [1.82, 2.24) is 0 Å². The van der Waals surface area contributed by atoms with Crippen LogP contribution in [-0.2, 0) is 19.2 Å². The van der Waals surface area contributed by atoms with Gasteiger partial charge in [-0.15, -0.1) is 0 Å². The van der Waals surface area contributed by atoms with E-state index < -0.39 is 5.78 Å². The quantitative estimate of drug-likeness (QED) is 0.313. The summed E-state index contributed by atoms with van der Waals surface area (Å²) in [7, 11) is 0. The smallest absolute Gasteiger partial charge is 0.192 e. The van der Waals surface area contributed by atoms with Gasteiger partial charge in [-0.1, -0.05) is 6.08 Å². The van der Waals surface area contributed by atoms with Crippen LogP contribution in [0, 0.1) is 0 Å². The molecule has 4 nitrogen and oxygen atoms in total. The van der Waals surface area contributed by atoms with Crippen molar-refractivity contribution < 1.29 is 19.2 Å². The highest BCUT2D eigenvalue weighted by Crippen LogP contribution is 2.04. The molecule has 0 unspecified atom stereocenters. The number of aldehydes is 3. The van der Waals surface area contributed by atoms with Gasteiger partial charge in [0.25, 0.3) is 0 Å². The lowest BCUT2D eigenvalue weighted by Gasteiger charge is -1.94. The Morgan fingerprint density at radius 1 is 0.750 bits per heavy atom. The van der Waals surface area contributed by atoms with Crippen LogP contribution in [0.15, 0.2) is 22.8 Å². The van der Waals surface area contributed by atoms with Gasteiger partial charge in [-0.3, -0.25) is 19.2 Å². The minimum Gasteiger partial charge on any atom is -0.298 e. The molecule has 0 aliphatic rings. The number of Topliss-reactive ketones (excluding diaryl/α,β-unsaturated/α-hetero) is 1. The van der Waals surface area contributed by atoms with E-state index in [1.807, 2.05) is 0 Å². The van der Waals surface area contributed by atoms with E-state index in [0.717, 1.165) is 18.1 Å². The lowest BCUT2D eigenvalue weighted by atomic mass is 10.1. The lowest BCUT2D eigenvalue weighted by molar-refractivity contribution is -0.128. The van der Waals surface area contributed by atoms with E-state index in [2.05, 4.69) is 0 Å². The molecular formula is C12H16O4. The molecule has 0 aromatic heterocycles. The summed E-state index contributed by atoms with van der Waals surface area (Å²) in [6.45, 7) is 6.44. The number of carbonyl (C=O) groups excluding carboxylic acids is 4. The standard InChI is InChI=1S/C9H12O2.C3H4O2/c1-7(5-10)4-8(2)9(3)6-11;1-3(5)2-4/h4-6H,1-3H3;2H,1H3. The Labute approximate surface area is 95.0 Å². The van der Waals surface area contributed by atoms with Crippen LogP contribution in [-0.4, -0.2) is 24.6 Å². The molecule has 0 rings (SSSR count). The third-order valence-corrected chi connectivity index (χ3v) is 1.59. The minimum atomic E-state index is -0.426. The Morgan fingerprint density at radius 3 is 1.44 bits per heavy atom. The van der Waals surface area contributed by atoms with Crippen LogP contribution in [0.5, 0.6) is 0 Å². The molecule has 88 valence electrons. The largest absolute Gasteiger partial charge is 0.298 e. The summed E-state index contributed by atoms with van der Waals surface area (Å²) < 4.78 is 0. The average Bonchev–Trinajstić information content (AvgIpc) is 2.28. The summed E-state index contributed by atoms with van der Waals surface area (Å²) in [5.74, 6) is -0.426. The minimum absolute atomic E-state index is 0.278. The highest BCUT2D eigenvalue weighted by Gasteiger charge is 1.91. The van der Waals surface area contributed by atoms with Gasteiger partial charge in [0.1, 0.15) is 12.6 Å². The Kier molecular flexibility index (Phi) is 10.1. The monoisotopic (exact) mass is 224 g/mol. The fourth-order valence-corrected chi connectivity index (χ4v) is 0.582. The second-order valence-electron chi connectivity index (χ2n) is 3.22. The van der Waals surface area contributed by atoms with Gasteiger partial charge in [-0.05, 0) is 37.5 Å². The van der Waals surface area contributed by atoms with Crippen LogP contribution < -0.4 is 0 Å². The molecule has 4 heteroatoms. The fourth-order valence-electron chi connectivity index (χ4n) is 0.582. The van der Waals surface area contributed by atoms with Gasteiger partial charge in [0.05, 0.1) is 0 Å². The predicted molar refractivity (Wildman–Crippen MR) is 61.0 cm³/mol. The van der Waals surface area contributed by atoms with Crippen molar-refractivity contribution in [2.45, 2.75) is 27.7 Å². The Balaban J connectivity index is 0. The summed E-state index contributed by atoms with van der Waals surface area (Å²) in [4.78, 5) is 39.0. The molecule has 0 saturated carbocycles. The van der Waals surface area contributed by atoms with Crippen molar-refractivity contribution in [3.8, 4) is 0 Å². The molecule has 0 aromatic carbocycles. The molecule has 0 N–H and O–H groups in total. The molecule has 0 amide bonds. The first-order valence-electron chi connectivity index (χ1n) is 4.60.